The second-order valence-electron chi connectivity index (χ2n) is 6.24. The van der Waals surface area contributed by atoms with Gasteiger partial charge in [0.1, 0.15) is 6.16 Å². The Morgan fingerprint density at radius 2 is 1.61 bits per heavy atom. The van der Waals surface area contributed by atoms with Crippen LogP contribution in [0.25, 0.3) is 0 Å². The molecule has 0 aromatic heterocycles. The van der Waals surface area contributed by atoms with E-state index in [4.69, 9.17) is 9.05 Å². The minimum atomic E-state index is -3.39. The highest BCUT2D eigenvalue weighted by Gasteiger charge is 2.34. The lowest BCUT2D eigenvalue weighted by Crippen LogP contribution is -2.46. The summed E-state index contributed by atoms with van der Waals surface area (Å²) in [7, 11) is -3.39. The van der Waals surface area contributed by atoms with Gasteiger partial charge < -0.3 is 13.9 Å². The van der Waals surface area contributed by atoms with E-state index in [2.05, 4.69) is 0 Å². The van der Waals surface area contributed by atoms with Crippen molar-refractivity contribution in [3.05, 3.63) is 35.9 Å². The molecule has 130 valence electrons. The molecule has 0 N–H and O–H groups in total. The summed E-state index contributed by atoms with van der Waals surface area (Å²) < 4.78 is 23.1. The number of nitrogens with zero attached hydrogens (tertiary/aromatic N) is 1. The minimum Gasteiger partial charge on any atom is -0.333 e. The van der Waals surface area contributed by atoms with Gasteiger partial charge in [-0.1, -0.05) is 30.3 Å². The van der Waals surface area contributed by atoms with Gasteiger partial charge in [0, 0.05) is 12.1 Å². The van der Waals surface area contributed by atoms with E-state index in [1.807, 2.05) is 51.1 Å². The molecule has 1 rings (SSSR count). The van der Waals surface area contributed by atoms with Crippen LogP contribution >= 0.6 is 7.60 Å². The van der Waals surface area contributed by atoms with Crippen molar-refractivity contribution < 1.29 is 18.4 Å². The number of hydrogen-bond acceptors (Lipinski definition) is 4. The maximum absolute atomic E-state index is 12.8. The zero-order chi connectivity index (χ0) is 17.5. The van der Waals surface area contributed by atoms with Crippen LogP contribution < -0.4 is 0 Å². The molecule has 0 aliphatic heterocycles. The molecule has 1 aromatic carbocycles. The second kappa shape index (κ2) is 8.62. The van der Waals surface area contributed by atoms with Gasteiger partial charge >= 0.3 is 7.60 Å². The normalized spacial score (nSPS) is 12.2. The average molecular weight is 341 g/mol. The lowest BCUT2D eigenvalue weighted by molar-refractivity contribution is -0.134. The molecule has 0 saturated heterocycles. The summed E-state index contributed by atoms with van der Waals surface area (Å²) in [5.41, 5.74) is 0.634. The molecule has 0 aliphatic carbocycles. The highest BCUT2D eigenvalue weighted by Crippen LogP contribution is 2.48. The average Bonchev–Trinajstić information content (AvgIpc) is 2.44. The Balaban J connectivity index is 2.94. The van der Waals surface area contributed by atoms with Crippen molar-refractivity contribution in [1.82, 2.24) is 4.90 Å². The van der Waals surface area contributed by atoms with E-state index >= 15 is 0 Å². The van der Waals surface area contributed by atoms with Crippen LogP contribution in [-0.2, 0) is 25.0 Å². The molecule has 0 fully saturated rings. The molecular formula is C17H28NO4P. The third-order valence-corrected chi connectivity index (χ3v) is 5.24. The Morgan fingerprint density at radius 1 is 1.09 bits per heavy atom. The molecule has 0 saturated carbocycles. The van der Waals surface area contributed by atoms with Crippen molar-refractivity contribution in [3.63, 3.8) is 0 Å². The van der Waals surface area contributed by atoms with Crippen LogP contribution in [-0.4, -0.2) is 35.7 Å². The van der Waals surface area contributed by atoms with Crippen LogP contribution in [0.5, 0.6) is 0 Å². The van der Waals surface area contributed by atoms with E-state index in [0.717, 1.165) is 5.56 Å². The minimum absolute atomic E-state index is 0.230. The topological polar surface area (TPSA) is 55.8 Å². The van der Waals surface area contributed by atoms with Crippen molar-refractivity contribution in [2.45, 2.75) is 46.7 Å². The molecule has 1 aromatic rings. The number of rotatable bonds is 8. The number of hydrogen-bond donors (Lipinski definition) is 0. The van der Waals surface area contributed by atoms with Gasteiger partial charge in [0.15, 0.2) is 0 Å². The van der Waals surface area contributed by atoms with E-state index in [-0.39, 0.29) is 25.3 Å². The summed E-state index contributed by atoms with van der Waals surface area (Å²) in [6, 6.07) is 9.75. The fourth-order valence-electron chi connectivity index (χ4n) is 2.24. The van der Waals surface area contributed by atoms with Gasteiger partial charge in [-0.25, -0.2) is 0 Å². The number of amides is 1. The molecule has 0 bridgehead atoms. The fourth-order valence-corrected chi connectivity index (χ4v) is 3.78. The van der Waals surface area contributed by atoms with Gasteiger partial charge in [0.25, 0.3) is 0 Å². The van der Waals surface area contributed by atoms with E-state index in [1.165, 1.54) is 0 Å². The first-order valence-corrected chi connectivity index (χ1v) is 9.67. The third-order valence-electron chi connectivity index (χ3n) is 3.27. The number of carbonyl (C=O) groups excluding carboxylic acids is 1. The Labute approximate surface area is 139 Å². The van der Waals surface area contributed by atoms with Gasteiger partial charge in [-0.15, -0.1) is 0 Å². The monoisotopic (exact) mass is 341 g/mol. The highest BCUT2D eigenvalue weighted by molar-refractivity contribution is 7.54. The molecule has 6 heteroatoms. The van der Waals surface area contributed by atoms with Crippen molar-refractivity contribution in [1.29, 1.82) is 0 Å². The predicted molar refractivity (Wildman–Crippen MR) is 92.5 cm³/mol. The van der Waals surface area contributed by atoms with Gasteiger partial charge in [-0.3, -0.25) is 9.36 Å². The molecule has 0 aliphatic rings. The van der Waals surface area contributed by atoms with Gasteiger partial charge in [-0.2, -0.15) is 0 Å². The van der Waals surface area contributed by atoms with E-state index in [0.29, 0.717) is 6.54 Å². The van der Waals surface area contributed by atoms with Crippen molar-refractivity contribution >= 4 is 13.5 Å². The zero-order valence-electron chi connectivity index (χ0n) is 14.7. The molecule has 0 radical (unpaired) electrons. The summed E-state index contributed by atoms with van der Waals surface area (Å²) in [4.78, 5) is 14.5. The molecule has 1 amide bonds. The lowest BCUT2D eigenvalue weighted by atomic mass is 10.0. The van der Waals surface area contributed by atoms with E-state index in [1.54, 1.807) is 18.7 Å². The third kappa shape index (κ3) is 6.46. The fraction of sp³-hybridized carbons (Fsp3) is 0.588. The maximum Gasteiger partial charge on any atom is 0.340 e. The first-order valence-electron chi connectivity index (χ1n) is 7.94. The summed E-state index contributed by atoms with van der Waals surface area (Å²) in [6.45, 7) is 10.3. The van der Waals surface area contributed by atoms with E-state index in [9.17, 15) is 9.36 Å². The van der Waals surface area contributed by atoms with Crippen LogP contribution in [0.1, 0.15) is 40.2 Å². The quantitative estimate of drug-likeness (QED) is 0.669. The van der Waals surface area contributed by atoms with Gasteiger partial charge in [-0.05, 0) is 40.2 Å². The first kappa shape index (κ1) is 19.9. The second-order valence-corrected chi connectivity index (χ2v) is 8.30. The number of benzene rings is 1. The van der Waals surface area contributed by atoms with Gasteiger partial charge in [0.2, 0.25) is 5.91 Å². The maximum atomic E-state index is 12.8. The summed E-state index contributed by atoms with van der Waals surface area (Å²) in [5.74, 6) is -0.230. The summed E-state index contributed by atoms with van der Waals surface area (Å²) in [6.07, 6.45) is -0.237. The molecule has 0 atom stereocenters. The number of carbonyl (C=O) groups is 1. The van der Waals surface area contributed by atoms with Gasteiger partial charge in [0.05, 0.1) is 13.2 Å². The van der Waals surface area contributed by atoms with Crippen LogP contribution in [0.15, 0.2) is 30.3 Å². The lowest BCUT2D eigenvalue weighted by Gasteiger charge is -2.36. The van der Waals surface area contributed by atoms with Crippen LogP contribution in [0.2, 0.25) is 0 Å². The summed E-state index contributed by atoms with van der Waals surface area (Å²) >= 11 is 0. The Hall–Kier alpha value is -1.16. The van der Waals surface area contributed by atoms with E-state index < -0.39 is 13.1 Å². The zero-order valence-corrected chi connectivity index (χ0v) is 15.6. The SMILES string of the molecule is CCOP(=O)(CC(=O)N(Cc1ccccc1)C(C)(C)C)OCC. The highest BCUT2D eigenvalue weighted by atomic mass is 31.2. The molecule has 0 unspecified atom stereocenters. The molecule has 5 nitrogen and oxygen atoms in total. The Bertz CT molecular complexity index is 529. The Kier molecular flexibility index (Phi) is 7.46. The molecule has 23 heavy (non-hydrogen) atoms. The Morgan fingerprint density at radius 3 is 2.04 bits per heavy atom. The molecule has 0 heterocycles. The van der Waals surface area contributed by atoms with Crippen LogP contribution in [0.3, 0.4) is 0 Å². The van der Waals surface area contributed by atoms with Crippen LogP contribution in [0, 0.1) is 0 Å². The van der Waals surface area contributed by atoms with Crippen molar-refractivity contribution in [2.75, 3.05) is 19.4 Å². The first-order chi connectivity index (χ1) is 10.7. The molecule has 0 spiro atoms. The molecular weight excluding hydrogens is 313 g/mol. The summed E-state index contributed by atoms with van der Waals surface area (Å²) in [5, 5.41) is 0. The smallest absolute Gasteiger partial charge is 0.333 e. The standard InChI is InChI=1S/C17H28NO4P/c1-6-21-23(20,22-7-2)14-16(19)18(17(3,4)5)13-15-11-9-8-10-12-15/h8-12H,6-7,13-14H2,1-5H3. The largest absolute Gasteiger partial charge is 0.340 e. The predicted octanol–water partition coefficient (Wildman–Crippen LogP) is 4.08. The van der Waals surface area contributed by atoms with Crippen molar-refractivity contribution in [3.8, 4) is 0 Å². The van der Waals surface area contributed by atoms with Crippen LogP contribution in [0.4, 0.5) is 0 Å². The van der Waals surface area contributed by atoms with Crippen molar-refractivity contribution in [2.24, 2.45) is 0 Å².